The third kappa shape index (κ3) is 4.03. The highest BCUT2D eigenvalue weighted by Crippen LogP contribution is 2.37. The second-order valence-electron chi connectivity index (χ2n) is 4.25. The third-order valence-corrected chi connectivity index (χ3v) is 5.53. The Bertz CT molecular complexity index is 839. The van der Waals surface area contributed by atoms with Crippen LogP contribution in [0.5, 0.6) is 17.2 Å². The summed E-state index contributed by atoms with van der Waals surface area (Å²) in [5, 5.41) is 0.449. The number of benzene rings is 2. The molecule has 0 radical (unpaired) electrons. The van der Waals surface area contributed by atoms with E-state index >= 15 is 0 Å². The molecule has 0 bridgehead atoms. The van der Waals surface area contributed by atoms with Gasteiger partial charge in [0.05, 0.1) is 19.2 Å². The molecule has 23 heavy (non-hydrogen) atoms. The topological polar surface area (TPSA) is 61.8 Å². The van der Waals surface area contributed by atoms with Crippen LogP contribution in [-0.2, 0) is 10.1 Å². The van der Waals surface area contributed by atoms with E-state index in [1.807, 2.05) is 0 Å². The van der Waals surface area contributed by atoms with Crippen molar-refractivity contribution in [3.8, 4) is 17.2 Å². The molecule has 0 fully saturated rings. The van der Waals surface area contributed by atoms with Gasteiger partial charge in [0.25, 0.3) is 0 Å². The lowest BCUT2D eigenvalue weighted by molar-refractivity contribution is 0.353. The van der Waals surface area contributed by atoms with E-state index in [0.29, 0.717) is 10.8 Å². The van der Waals surface area contributed by atoms with Crippen molar-refractivity contribution in [3.05, 3.63) is 44.8 Å². The Morgan fingerprint density at radius 1 is 0.957 bits per heavy atom. The minimum absolute atomic E-state index is 0.0299. The molecule has 0 unspecified atom stereocenters. The minimum Gasteiger partial charge on any atom is -0.493 e. The van der Waals surface area contributed by atoms with Crippen molar-refractivity contribution < 1.29 is 22.1 Å². The van der Waals surface area contributed by atoms with Crippen LogP contribution in [0.2, 0.25) is 10.0 Å². The van der Waals surface area contributed by atoms with E-state index in [-0.39, 0.29) is 25.9 Å². The second-order valence-corrected chi connectivity index (χ2v) is 7.46. The average Bonchev–Trinajstić information content (AvgIpc) is 2.49. The maximum absolute atomic E-state index is 12.5. The molecule has 9 heteroatoms. The van der Waals surface area contributed by atoms with Crippen LogP contribution in [0.1, 0.15) is 0 Å². The van der Waals surface area contributed by atoms with E-state index in [1.54, 1.807) is 0 Å². The first kappa shape index (κ1) is 18.2. The predicted molar refractivity (Wildman–Crippen MR) is 91.5 cm³/mol. The Hall–Kier alpha value is -1.15. The number of hydrogen-bond donors (Lipinski definition) is 0. The normalized spacial score (nSPS) is 11.2. The maximum atomic E-state index is 12.5. The molecule has 0 amide bonds. The van der Waals surface area contributed by atoms with Crippen molar-refractivity contribution in [2.45, 2.75) is 4.90 Å². The zero-order valence-electron chi connectivity index (χ0n) is 12.0. The average molecular weight is 442 g/mol. The molecule has 0 saturated heterocycles. The highest BCUT2D eigenvalue weighted by atomic mass is 79.9. The van der Waals surface area contributed by atoms with Gasteiger partial charge in [-0.25, -0.2) is 0 Å². The van der Waals surface area contributed by atoms with Crippen LogP contribution in [0.15, 0.2) is 39.7 Å². The highest BCUT2D eigenvalue weighted by molar-refractivity contribution is 9.10. The van der Waals surface area contributed by atoms with Crippen LogP contribution in [0.3, 0.4) is 0 Å². The van der Waals surface area contributed by atoms with Gasteiger partial charge in [0, 0.05) is 15.6 Å². The Labute approximate surface area is 152 Å². The summed E-state index contributed by atoms with van der Waals surface area (Å²) in [6.45, 7) is 0. The molecule has 0 aliphatic heterocycles. The number of rotatable bonds is 5. The predicted octanol–water partition coefficient (Wildman–Crippen LogP) is 4.54. The van der Waals surface area contributed by atoms with E-state index in [1.165, 1.54) is 44.6 Å². The Balaban J connectivity index is 2.47. The Kier molecular flexibility index (Phi) is 5.67. The maximum Gasteiger partial charge on any atom is 0.340 e. The Morgan fingerprint density at radius 2 is 1.57 bits per heavy atom. The molecule has 0 aromatic heterocycles. The Morgan fingerprint density at radius 3 is 2.13 bits per heavy atom. The van der Waals surface area contributed by atoms with Gasteiger partial charge in [-0.3, -0.25) is 0 Å². The van der Waals surface area contributed by atoms with Gasteiger partial charge in [-0.15, -0.1) is 0 Å². The monoisotopic (exact) mass is 440 g/mol. The first-order valence-electron chi connectivity index (χ1n) is 6.09. The lowest BCUT2D eigenvalue weighted by Crippen LogP contribution is -2.11. The van der Waals surface area contributed by atoms with Crippen LogP contribution in [-0.4, -0.2) is 22.6 Å². The molecule has 0 aliphatic carbocycles. The van der Waals surface area contributed by atoms with Crippen LogP contribution in [0.25, 0.3) is 0 Å². The molecule has 0 heterocycles. The van der Waals surface area contributed by atoms with Crippen LogP contribution in [0.4, 0.5) is 0 Å². The van der Waals surface area contributed by atoms with E-state index in [2.05, 4.69) is 15.9 Å². The van der Waals surface area contributed by atoms with Gasteiger partial charge >= 0.3 is 10.1 Å². The first-order chi connectivity index (χ1) is 10.8. The van der Waals surface area contributed by atoms with Crippen LogP contribution in [0, 0.1) is 0 Å². The number of ether oxygens (including phenoxy) is 2. The zero-order valence-corrected chi connectivity index (χ0v) is 15.9. The summed E-state index contributed by atoms with van der Waals surface area (Å²) < 4.78 is 40.5. The summed E-state index contributed by atoms with van der Waals surface area (Å²) >= 11 is 14.9. The molecule has 0 saturated carbocycles. The lowest BCUT2D eigenvalue weighted by Gasteiger charge is -2.13. The molecule has 2 aromatic rings. The molecule has 5 nitrogen and oxygen atoms in total. The largest absolute Gasteiger partial charge is 0.493 e. The highest BCUT2D eigenvalue weighted by Gasteiger charge is 2.24. The number of halogens is 3. The van der Waals surface area contributed by atoms with Crippen molar-refractivity contribution >= 4 is 49.2 Å². The van der Waals surface area contributed by atoms with Crippen molar-refractivity contribution in [2.75, 3.05) is 14.2 Å². The zero-order chi connectivity index (χ0) is 17.2. The lowest BCUT2D eigenvalue weighted by atomic mass is 10.3. The fourth-order valence-corrected chi connectivity index (χ4v) is 4.16. The molecule has 0 atom stereocenters. The van der Waals surface area contributed by atoms with Crippen molar-refractivity contribution in [2.24, 2.45) is 0 Å². The molecule has 2 aromatic carbocycles. The van der Waals surface area contributed by atoms with Gasteiger partial charge < -0.3 is 13.7 Å². The molecular weight excluding hydrogens is 431 g/mol. The summed E-state index contributed by atoms with van der Waals surface area (Å²) in [6, 6.07) is 7.00. The van der Waals surface area contributed by atoms with Crippen LogP contribution < -0.4 is 13.7 Å². The summed E-state index contributed by atoms with van der Waals surface area (Å²) in [5.74, 6) is 0.598. The van der Waals surface area contributed by atoms with E-state index in [4.69, 9.17) is 36.9 Å². The fraction of sp³-hybridized carbons (Fsp3) is 0.143. The fourth-order valence-electron chi connectivity index (χ4n) is 1.73. The number of methoxy groups -OCH3 is 2. The smallest absolute Gasteiger partial charge is 0.340 e. The quantitative estimate of drug-likeness (QED) is 0.637. The minimum atomic E-state index is -4.15. The third-order valence-electron chi connectivity index (χ3n) is 2.80. The summed E-state index contributed by atoms with van der Waals surface area (Å²) in [4.78, 5) is -0.124. The second kappa shape index (κ2) is 7.17. The molecule has 0 aliphatic rings. The van der Waals surface area contributed by atoms with Crippen molar-refractivity contribution in [1.82, 2.24) is 0 Å². The standard InChI is InChI=1S/C14H11BrCl2O5S/c1-20-12-6-9(15)14(7-13(12)21-2)23(18,19)22-11-4-3-8(16)5-10(11)17/h3-7H,1-2H3. The van der Waals surface area contributed by atoms with E-state index in [9.17, 15) is 8.42 Å². The van der Waals surface area contributed by atoms with Gasteiger partial charge in [-0.05, 0) is 40.2 Å². The number of hydrogen-bond acceptors (Lipinski definition) is 5. The van der Waals surface area contributed by atoms with Gasteiger partial charge in [-0.1, -0.05) is 23.2 Å². The molecule has 124 valence electrons. The van der Waals surface area contributed by atoms with Crippen molar-refractivity contribution in [1.29, 1.82) is 0 Å². The van der Waals surface area contributed by atoms with Gasteiger partial charge in [0.1, 0.15) is 4.90 Å². The van der Waals surface area contributed by atoms with E-state index in [0.717, 1.165) is 0 Å². The summed E-state index contributed by atoms with van der Waals surface area (Å²) in [7, 11) is -1.30. The molecule has 2 rings (SSSR count). The molecule has 0 N–H and O–H groups in total. The molecule has 0 spiro atoms. The van der Waals surface area contributed by atoms with Crippen molar-refractivity contribution in [3.63, 3.8) is 0 Å². The van der Waals surface area contributed by atoms with Gasteiger partial charge in [-0.2, -0.15) is 8.42 Å². The van der Waals surface area contributed by atoms with Crippen LogP contribution >= 0.6 is 39.1 Å². The van der Waals surface area contributed by atoms with Gasteiger partial charge in [0.2, 0.25) is 0 Å². The molecular formula is C14H11BrCl2O5S. The first-order valence-corrected chi connectivity index (χ1v) is 9.05. The summed E-state index contributed by atoms with van der Waals surface area (Å²) in [6.07, 6.45) is 0. The summed E-state index contributed by atoms with van der Waals surface area (Å²) in [5.41, 5.74) is 0. The SMILES string of the molecule is COc1cc(Br)c(S(=O)(=O)Oc2ccc(Cl)cc2Cl)cc1OC. The van der Waals surface area contributed by atoms with Gasteiger partial charge in [0.15, 0.2) is 17.2 Å². The van der Waals surface area contributed by atoms with E-state index < -0.39 is 10.1 Å².